The Kier molecular flexibility index (Phi) is 6.53. The molecule has 6 heteroatoms. The van der Waals surface area contributed by atoms with Gasteiger partial charge in [-0.05, 0) is 76.4 Å². The van der Waals surface area contributed by atoms with Crippen molar-refractivity contribution in [3.63, 3.8) is 0 Å². The Morgan fingerprint density at radius 3 is 2.05 bits per heavy atom. The fourth-order valence-corrected chi connectivity index (χ4v) is 13.2. The molecule has 1 aliphatic rings. The van der Waals surface area contributed by atoms with Crippen molar-refractivity contribution in [2.75, 3.05) is 0 Å². The summed E-state index contributed by atoms with van der Waals surface area (Å²) in [7, 11) is 0. The second-order valence-electron chi connectivity index (χ2n) is 16.8. The van der Waals surface area contributed by atoms with Crippen molar-refractivity contribution in [1.82, 2.24) is 18.9 Å². The lowest BCUT2D eigenvalue weighted by molar-refractivity contribution is 0.857. The highest BCUT2D eigenvalue weighted by molar-refractivity contribution is 7.26. The van der Waals surface area contributed by atoms with E-state index in [1.54, 1.807) is 11.3 Å². The molecule has 0 radical (unpaired) electrons. The van der Waals surface area contributed by atoms with E-state index in [1.807, 2.05) is 11.3 Å². The number of hydrogen-bond acceptors (Lipinski definition) is 4. The minimum Gasteiger partial charge on any atom is -0.308 e. The van der Waals surface area contributed by atoms with Crippen molar-refractivity contribution in [1.29, 1.82) is 0 Å². The molecule has 8 aromatic carbocycles. The van der Waals surface area contributed by atoms with Crippen LogP contribution < -0.4 is 0 Å². The predicted octanol–water partition coefficient (Wildman–Crippen LogP) is 15.7. The third-order valence-electron chi connectivity index (χ3n) is 13.7. The van der Waals surface area contributed by atoms with Gasteiger partial charge in [-0.15, -0.1) is 22.7 Å². The van der Waals surface area contributed by atoms with Gasteiger partial charge >= 0.3 is 0 Å². The Morgan fingerprint density at radius 2 is 1.18 bits per heavy atom. The third-order valence-corrected chi connectivity index (χ3v) is 15.8. The molecule has 0 amide bonds. The third kappa shape index (κ3) is 4.30. The van der Waals surface area contributed by atoms with Crippen LogP contribution in [-0.2, 0) is 0 Å². The molecular formula is C56H32N4S2. The summed E-state index contributed by atoms with van der Waals surface area (Å²) in [6.45, 7) is 0. The predicted molar refractivity (Wildman–Crippen MR) is 264 cm³/mol. The second-order valence-corrected chi connectivity index (χ2v) is 18.9. The first-order valence-electron chi connectivity index (χ1n) is 21.3. The molecule has 0 saturated carbocycles. The van der Waals surface area contributed by atoms with E-state index >= 15 is 0 Å². The minimum absolute atomic E-state index is 0.385. The van der Waals surface area contributed by atoms with Crippen molar-refractivity contribution in [2.24, 2.45) is 0 Å². The number of allylic oxidation sites excluding steroid dienone is 4. The molecule has 6 heterocycles. The molecule has 1 atom stereocenters. The van der Waals surface area contributed by atoms with E-state index < -0.39 is 0 Å². The molecule has 14 aromatic rings. The van der Waals surface area contributed by atoms with E-state index in [1.165, 1.54) is 95.8 Å². The van der Waals surface area contributed by atoms with E-state index in [9.17, 15) is 0 Å². The number of rotatable bonds is 4. The molecule has 0 fully saturated rings. The van der Waals surface area contributed by atoms with Crippen LogP contribution in [0.4, 0.5) is 0 Å². The first-order chi connectivity index (χ1) is 30.8. The highest BCUT2D eigenvalue weighted by atomic mass is 32.1. The number of para-hydroxylation sites is 1. The van der Waals surface area contributed by atoms with Crippen LogP contribution in [0, 0.1) is 0 Å². The Labute approximate surface area is 362 Å². The van der Waals surface area contributed by atoms with E-state index in [0.717, 1.165) is 38.9 Å². The zero-order valence-electron chi connectivity index (χ0n) is 33.1. The maximum Gasteiger partial charge on any atom is 0.236 e. The van der Waals surface area contributed by atoms with Gasteiger partial charge in [-0.1, -0.05) is 133 Å². The maximum atomic E-state index is 5.75. The molecular weight excluding hydrogens is 793 g/mol. The van der Waals surface area contributed by atoms with Gasteiger partial charge in [0.15, 0.2) is 0 Å². The van der Waals surface area contributed by atoms with Crippen LogP contribution in [0.25, 0.3) is 123 Å². The van der Waals surface area contributed by atoms with Gasteiger partial charge in [-0.2, -0.15) is 0 Å². The molecule has 4 nitrogen and oxygen atoms in total. The van der Waals surface area contributed by atoms with E-state index in [4.69, 9.17) is 9.97 Å². The number of hydrogen-bond donors (Lipinski definition) is 0. The van der Waals surface area contributed by atoms with Crippen LogP contribution in [0.5, 0.6) is 0 Å². The summed E-state index contributed by atoms with van der Waals surface area (Å²) >= 11 is 3.65. The Balaban J connectivity index is 1.02. The summed E-state index contributed by atoms with van der Waals surface area (Å²) in [5.74, 6) is 1.08. The maximum absolute atomic E-state index is 5.75. The zero-order valence-corrected chi connectivity index (χ0v) is 34.8. The average Bonchev–Trinajstić information content (AvgIpc) is 4.06. The fraction of sp³-hybridized carbons (Fsp3) is 0.0357. The summed E-state index contributed by atoms with van der Waals surface area (Å²) in [5.41, 5.74) is 11.9. The standard InChI is InChI=1S/C56H32N4S2/c1-2-11-31(12-3-1)32-21-23-33(24-22-32)34-25-26-38(36-14-5-4-13-35(34)36)53-48-40-16-7-9-20-45(40)62-55(48)58-56(57-53)60-43-19-10-18-42-49(43)50-44(60)28-30-46-51(50)52-47(61-46)29-27-39-37-15-6-8-17-41(37)59(42)54(39)52/h1-21,23-30,32H,22H2. The summed E-state index contributed by atoms with van der Waals surface area (Å²) in [5, 5.41) is 12.5. The molecule has 6 aromatic heterocycles. The normalized spacial score (nSPS) is 14.9. The van der Waals surface area contributed by atoms with E-state index in [2.05, 4.69) is 185 Å². The van der Waals surface area contributed by atoms with Gasteiger partial charge in [-0.3, -0.25) is 4.57 Å². The zero-order chi connectivity index (χ0) is 40.2. The summed E-state index contributed by atoms with van der Waals surface area (Å²) in [6, 6.07) is 58.0. The molecule has 15 rings (SSSR count). The second kappa shape index (κ2) is 12.1. The van der Waals surface area contributed by atoms with Crippen molar-refractivity contribution in [2.45, 2.75) is 12.3 Å². The molecule has 0 bridgehead atoms. The number of benzene rings is 8. The monoisotopic (exact) mass is 824 g/mol. The first-order valence-corrected chi connectivity index (χ1v) is 22.9. The van der Waals surface area contributed by atoms with Gasteiger partial charge in [0.1, 0.15) is 4.83 Å². The van der Waals surface area contributed by atoms with Gasteiger partial charge in [0.2, 0.25) is 5.95 Å². The van der Waals surface area contributed by atoms with Crippen LogP contribution in [0.2, 0.25) is 0 Å². The Hall–Kier alpha value is -7.38. The summed E-state index contributed by atoms with van der Waals surface area (Å²) in [4.78, 5) is 12.3. The molecule has 0 spiro atoms. The largest absolute Gasteiger partial charge is 0.308 e. The van der Waals surface area contributed by atoms with Gasteiger partial charge in [-0.25, -0.2) is 9.97 Å². The van der Waals surface area contributed by atoms with Crippen LogP contribution in [0.3, 0.4) is 0 Å². The molecule has 62 heavy (non-hydrogen) atoms. The number of thiophene rings is 2. The van der Waals surface area contributed by atoms with Crippen LogP contribution >= 0.6 is 22.7 Å². The Morgan fingerprint density at radius 1 is 0.468 bits per heavy atom. The highest BCUT2D eigenvalue weighted by Crippen LogP contribution is 2.51. The average molecular weight is 825 g/mol. The SMILES string of the molecule is C1=CC(c2ccccc2)CC=C1c1ccc(-c2nc(-n3c4ccc5sc6ccc7c8ccccc8n8c9cccc3c9c4c5c6c78)nc3sc4ccccc4c23)c2ccccc12. The van der Waals surface area contributed by atoms with Gasteiger partial charge in [0.05, 0.1) is 33.3 Å². The lowest BCUT2D eigenvalue weighted by Gasteiger charge is -2.19. The molecule has 0 aliphatic heterocycles. The fourth-order valence-electron chi connectivity index (χ4n) is 11.0. The summed E-state index contributed by atoms with van der Waals surface area (Å²) < 4.78 is 8.70. The smallest absolute Gasteiger partial charge is 0.236 e. The first kappa shape index (κ1) is 33.4. The number of fused-ring (bicyclic) bond motifs is 8. The molecule has 1 aliphatic carbocycles. The van der Waals surface area contributed by atoms with Gasteiger partial charge in [0, 0.05) is 68.7 Å². The van der Waals surface area contributed by atoms with Crippen molar-refractivity contribution in [3.05, 3.63) is 187 Å². The van der Waals surface area contributed by atoms with Gasteiger partial charge < -0.3 is 4.40 Å². The Bertz CT molecular complexity index is 4250. The molecule has 1 unspecified atom stereocenters. The lowest BCUT2D eigenvalue weighted by atomic mass is 9.86. The highest BCUT2D eigenvalue weighted by Gasteiger charge is 2.27. The summed E-state index contributed by atoms with van der Waals surface area (Å²) in [6.07, 6.45) is 8.08. The minimum atomic E-state index is 0.385. The molecule has 288 valence electrons. The van der Waals surface area contributed by atoms with Gasteiger partial charge in [0.25, 0.3) is 0 Å². The van der Waals surface area contributed by atoms with Crippen molar-refractivity contribution >= 4 is 129 Å². The van der Waals surface area contributed by atoms with Crippen molar-refractivity contribution in [3.8, 4) is 17.2 Å². The van der Waals surface area contributed by atoms with E-state index in [0.29, 0.717) is 11.9 Å². The van der Waals surface area contributed by atoms with Crippen LogP contribution in [0.1, 0.15) is 23.5 Å². The topological polar surface area (TPSA) is 35.1 Å². The lowest BCUT2D eigenvalue weighted by Crippen LogP contribution is -2.03. The van der Waals surface area contributed by atoms with Crippen LogP contribution in [0.15, 0.2) is 176 Å². The number of nitrogens with zero attached hydrogens (tertiary/aromatic N) is 4. The molecule has 0 N–H and O–H groups in total. The van der Waals surface area contributed by atoms with Crippen molar-refractivity contribution < 1.29 is 0 Å². The molecule has 0 saturated heterocycles. The number of aromatic nitrogens is 4. The quantitative estimate of drug-likeness (QED) is 0.177. The van der Waals surface area contributed by atoms with E-state index in [-0.39, 0.29) is 0 Å². The van der Waals surface area contributed by atoms with Crippen LogP contribution in [-0.4, -0.2) is 18.9 Å².